The van der Waals surface area contributed by atoms with Crippen molar-refractivity contribution in [1.82, 2.24) is 14.8 Å². The van der Waals surface area contributed by atoms with E-state index < -0.39 is 18.1 Å². The van der Waals surface area contributed by atoms with Crippen LogP contribution in [-0.4, -0.2) is 32.4 Å². The van der Waals surface area contributed by atoms with E-state index in [1.54, 1.807) is 0 Å². The molecule has 0 bridgehead atoms. The normalized spacial score (nSPS) is 15.1. The second-order valence-electron chi connectivity index (χ2n) is 6.40. The molecule has 2 N–H and O–H groups in total. The molecule has 8 nitrogen and oxygen atoms in total. The lowest BCUT2D eigenvalue weighted by atomic mass is 9.99. The van der Waals surface area contributed by atoms with Crippen molar-refractivity contribution < 1.29 is 14.3 Å². The summed E-state index contributed by atoms with van der Waals surface area (Å²) in [6, 6.07) is 15.3. The molecule has 1 unspecified atom stereocenters. The number of nitrogens with zero attached hydrogens (tertiary/aromatic N) is 4. The van der Waals surface area contributed by atoms with E-state index >= 15 is 0 Å². The molecule has 0 fully saturated rings. The van der Waals surface area contributed by atoms with Gasteiger partial charge in [-0.2, -0.15) is 0 Å². The maximum atomic E-state index is 11.7. The number of ether oxygens (including phenoxy) is 1. The standard InChI is InChI=1S/C20H17N5O3/c1-11-8-9-15-14(10-11)16(13-6-4-3-5-7-13)22-20(28-12(2)26)19-23-18(17(21)27)24-25(15)19/h3-10,20H,1-2H3,(H2,21,27). The second kappa shape index (κ2) is 6.73. The van der Waals surface area contributed by atoms with Gasteiger partial charge in [0.15, 0.2) is 5.82 Å². The predicted molar refractivity (Wildman–Crippen MR) is 101 cm³/mol. The van der Waals surface area contributed by atoms with Crippen LogP contribution in [0, 0.1) is 6.92 Å². The Balaban J connectivity index is 2.03. The fourth-order valence-electron chi connectivity index (χ4n) is 3.10. The number of nitrogens with two attached hydrogens (primary N) is 1. The highest BCUT2D eigenvalue weighted by Crippen LogP contribution is 2.31. The molecule has 1 atom stereocenters. The number of esters is 1. The number of carbonyl (C=O) groups is 2. The smallest absolute Gasteiger partial charge is 0.304 e. The molecule has 8 heteroatoms. The van der Waals surface area contributed by atoms with Gasteiger partial charge in [0.2, 0.25) is 5.82 Å². The van der Waals surface area contributed by atoms with E-state index in [0.717, 1.165) is 16.7 Å². The third kappa shape index (κ3) is 3.05. The number of aliphatic imine (C=N–C) groups is 1. The van der Waals surface area contributed by atoms with Gasteiger partial charge in [0.25, 0.3) is 12.1 Å². The van der Waals surface area contributed by atoms with Crippen LogP contribution in [0.4, 0.5) is 0 Å². The van der Waals surface area contributed by atoms with E-state index in [0.29, 0.717) is 11.4 Å². The van der Waals surface area contributed by atoms with E-state index in [1.165, 1.54) is 11.6 Å². The molecule has 0 saturated carbocycles. The Morgan fingerprint density at radius 1 is 1.14 bits per heavy atom. The number of hydrogen-bond donors (Lipinski definition) is 1. The van der Waals surface area contributed by atoms with Crippen LogP contribution in [0.25, 0.3) is 5.69 Å². The molecule has 0 saturated heterocycles. The average molecular weight is 375 g/mol. The molecular weight excluding hydrogens is 358 g/mol. The van der Waals surface area contributed by atoms with Crippen LogP contribution in [-0.2, 0) is 9.53 Å². The van der Waals surface area contributed by atoms with Crippen LogP contribution >= 0.6 is 0 Å². The van der Waals surface area contributed by atoms with Gasteiger partial charge in [-0.3, -0.25) is 9.59 Å². The Hall–Kier alpha value is -3.81. The topological polar surface area (TPSA) is 112 Å². The highest BCUT2D eigenvalue weighted by molar-refractivity contribution is 6.15. The number of carbonyl (C=O) groups excluding carboxylic acids is 2. The van der Waals surface area contributed by atoms with Gasteiger partial charge in [-0.1, -0.05) is 42.0 Å². The summed E-state index contributed by atoms with van der Waals surface area (Å²) in [6.45, 7) is 3.25. The van der Waals surface area contributed by atoms with Gasteiger partial charge in [0, 0.05) is 18.1 Å². The Labute approximate surface area is 160 Å². The van der Waals surface area contributed by atoms with E-state index in [2.05, 4.69) is 15.1 Å². The van der Waals surface area contributed by atoms with Crippen LogP contribution < -0.4 is 5.73 Å². The van der Waals surface area contributed by atoms with Crippen LogP contribution in [0.2, 0.25) is 0 Å². The average Bonchev–Trinajstić information content (AvgIpc) is 3.06. The van der Waals surface area contributed by atoms with Crippen molar-refractivity contribution in [3.63, 3.8) is 0 Å². The molecule has 0 spiro atoms. The summed E-state index contributed by atoms with van der Waals surface area (Å²) in [5, 5.41) is 4.23. The fraction of sp³-hybridized carbons (Fsp3) is 0.150. The van der Waals surface area contributed by atoms with E-state index in [-0.39, 0.29) is 11.6 Å². The molecule has 2 heterocycles. The van der Waals surface area contributed by atoms with Gasteiger partial charge in [-0.25, -0.2) is 14.7 Å². The summed E-state index contributed by atoms with van der Waals surface area (Å²) < 4.78 is 6.86. The summed E-state index contributed by atoms with van der Waals surface area (Å²) in [7, 11) is 0. The Kier molecular flexibility index (Phi) is 4.23. The lowest BCUT2D eigenvalue weighted by Gasteiger charge is -2.12. The van der Waals surface area contributed by atoms with E-state index in [4.69, 9.17) is 10.5 Å². The molecule has 140 valence electrons. The van der Waals surface area contributed by atoms with Gasteiger partial charge in [0.1, 0.15) is 0 Å². The van der Waals surface area contributed by atoms with Crippen molar-refractivity contribution in [2.75, 3.05) is 0 Å². The third-order valence-corrected chi connectivity index (χ3v) is 4.28. The van der Waals surface area contributed by atoms with Crippen molar-refractivity contribution in [3.05, 3.63) is 76.9 Å². The lowest BCUT2D eigenvalue weighted by Crippen LogP contribution is -2.14. The van der Waals surface area contributed by atoms with E-state index in [9.17, 15) is 9.59 Å². The lowest BCUT2D eigenvalue weighted by molar-refractivity contribution is -0.146. The molecule has 1 aromatic heterocycles. The van der Waals surface area contributed by atoms with Crippen molar-refractivity contribution in [1.29, 1.82) is 0 Å². The van der Waals surface area contributed by atoms with Crippen LogP contribution in [0.5, 0.6) is 0 Å². The maximum absolute atomic E-state index is 11.7. The van der Waals surface area contributed by atoms with E-state index in [1.807, 2.05) is 55.5 Å². The second-order valence-corrected chi connectivity index (χ2v) is 6.40. The molecule has 3 aromatic rings. The van der Waals surface area contributed by atoms with Crippen molar-refractivity contribution in [2.45, 2.75) is 20.1 Å². The largest absolute Gasteiger partial charge is 0.432 e. The number of benzene rings is 2. The summed E-state index contributed by atoms with van der Waals surface area (Å²) in [5.41, 5.74) is 9.31. The molecule has 0 aliphatic carbocycles. The van der Waals surface area contributed by atoms with Gasteiger partial charge in [0.05, 0.1) is 11.4 Å². The molecule has 1 aliphatic heterocycles. The van der Waals surface area contributed by atoms with Crippen molar-refractivity contribution in [2.24, 2.45) is 10.7 Å². The number of aryl methyl sites for hydroxylation is 1. The number of hydrogen-bond acceptors (Lipinski definition) is 6. The van der Waals surface area contributed by atoms with Gasteiger partial charge in [-0.05, 0) is 19.1 Å². The number of rotatable bonds is 3. The zero-order chi connectivity index (χ0) is 19.8. The quantitative estimate of drug-likeness (QED) is 0.704. The highest BCUT2D eigenvalue weighted by Gasteiger charge is 2.31. The summed E-state index contributed by atoms with van der Waals surface area (Å²) in [6.07, 6.45) is -1.07. The van der Waals surface area contributed by atoms with Crippen LogP contribution in [0.3, 0.4) is 0 Å². The molecule has 1 aliphatic rings. The minimum absolute atomic E-state index is 0.169. The SMILES string of the molecule is CC(=O)OC1N=C(c2ccccc2)c2cc(C)ccc2-n2nc(C(N)=O)nc21. The molecule has 28 heavy (non-hydrogen) atoms. The molecule has 0 radical (unpaired) electrons. The molecule has 2 aromatic carbocycles. The first kappa shape index (κ1) is 17.6. The molecule has 1 amide bonds. The first-order chi connectivity index (χ1) is 13.4. The van der Waals surface area contributed by atoms with Crippen molar-refractivity contribution in [3.8, 4) is 5.69 Å². The Morgan fingerprint density at radius 2 is 1.89 bits per heavy atom. The predicted octanol–water partition coefficient (Wildman–Crippen LogP) is 2.09. The van der Waals surface area contributed by atoms with Gasteiger partial charge >= 0.3 is 5.97 Å². The highest BCUT2D eigenvalue weighted by atomic mass is 16.6. The number of fused-ring (bicyclic) bond motifs is 3. The van der Waals surface area contributed by atoms with Crippen LogP contribution in [0.1, 0.15) is 46.3 Å². The summed E-state index contributed by atoms with van der Waals surface area (Å²) in [5.74, 6) is -1.27. The maximum Gasteiger partial charge on any atom is 0.304 e. The van der Waals surface area contributed by atoms with Crippen LogP contribution in [0.15, 0.2) is 53.5 Å². The Bertz CT molecular complexity index is 1120. The fourth-order valence-corrected chi connectivity index (χ4v) is 3.10. The molecular formula is C20H17N5O3. The first-order valence-corrected chi connectivity index (χ1v) is 8.62. The Morgan fingerprint density at radius 3 is 2.57 bits per heavy atom. The number of aromatic nitrogens is 3. The minimum Gasteiger partial charge on any atom is -0.432 e. The molecule has 4 rings (SSSR count). The monoisotopic (exact) mass is 375 g/mol. The zero-order valence-electron chi connectivity index (χ0n) is 15.3. The van der Waals surface area contributed by atoms with Crippen molar-refractivity contribution >= 4 is 17.6 Å². The third-order valence-electron chi connectivity index (χ3n) is 4.28. The number of primary amides is 1. The summed E-state index contributed by atoms with van der Waals surface area (Å²) in [4.78, 5) is 32.2. The van der Waals surface area contributed by atoms with Gasteiger partial charge < -0.3 is 10.5 Å². The summed E-state index contributed by atoms with van der Waals surface area (Å²) >= 11 is 0. The number of amides is 1. The first-order valence-electron chi connectivity index (χ1n) is 8.62. The van der Waals surface area contributed by atoms with Gasteiger partial charge in [-0.15, -0.1) is 5.10 Å². The minimum atomic E-state index is -1.07. The zero-order valence-corrected chi connectivity index (χ0v) is 15.3.